The summed E-state index contributed by atoms with van der Waals surface area (Å²) >= 11 is 0. The predicted octanol–water partition coefficient (Wildman–Crippen LogP) is 2.46. The molecule has 1 N–H and O–H groups in total. The zero-order valence-corrected chi connectivity index (χ0v) is 10.6. The minimum absolute atomic E-state index is 0.0779. The molecule has 21 heavy (non-hydrogen) atoms. The minimum Gasteiger partial charge on any atom is -0.508 e. The highest BCUT2D eigenvalue weighted by atomic mass is 19.1. The molecule has 0 atom stereocenters. The number of hydrogen-bond acceptors (Lipinski definition) is 5. The van der Waals surface area contributed by atoms with Crippen LogP contribution in [0.4, 0.5) is 4.39 Å². The van der Waals surface area contributed by atoms with E-state index in [-0.39, 0.29) is 17.5 Å². The van der Waals surface area contributed by atoms with Crippen LogP contribution in [0.1, 0.15) is 0 Å². The van der Waals surface area contributed by atoms with Crippen LogP contribution in [0.25, 0.3) is 5.69 Å². The summed E-state index contributed by atoms with van der Waals surface area (Å²) in [5.41, 5.74) is 0.226. The van der Waals surface area contributed by atoms with Crippen LogP contribution in [0, 0.1) is 5.82 Å². The number of rotatable bonds is 3. The van der Waals surface area contributed by atoms with E-state index >= 15 is 0 Å². The molecule has 0 spiro atoms. The largest absolute Gasteiger partial charge is 0.508 e. The van der Waals surface area contributed by atoms with Gasteiger partial charge in [0.1, 0.15) is 17.3 Å². The van der Waals surface area contributed by atoms with Gasteiger partial charge in [-0.25, -0.2) is 9.18 Å². The number of phenolic OH excluding ortho intramolecular Hbond substituents is 1. The van der Waals surface area contributed by atoms with Crippen molar-refractivity contribution < 1.29 is 18.7 Å². The Morgan fingerprint density at radius 2 is 1.95 bits per heavy atom. The molecule has 1 heterocycles. The van der Waals surface area contributed by atoms with Gasteiger partial charge in [0.15, 0.2) is 0 Å². The van der Waals surface area contributed by atoms with Crippen LogP contribution in [-0.2, 0) is 0 Å². The average molecular weight is 288 g/mol. The lowest BCUT2D eigenvalue weighted by Crippen LogP contribution is -2.13. The van der Waals surface area contributed by atoms with Crippen LogP contribution in [0.15, 0.2) is 57.7 Å². The number of benzene rings is 2. The second-order valence-electron chi connectivity index (χ2n) is 4.12. The van der Waals surface area contributed by atoms with E-state index < -0.39 is 11.6 Å². The fourth-order valence-electron chi connectivity index (χ4n) is 1.69. The Kier molecular flexibility index (Phi) is 3.15. The smallest absolute Gasteiger partial charge is 0.444 e. The molecular formula is C14H9FN2O4. The molecule has 3 aromatic rings. The van der Waals surface area contributed by atoms with Gasteiger partial charge in [0.25, 0.3) is 0 Å². The minimum atomic E-state index is -0.797. The van der Waals surface area contributed by atoms with Gasteiger partial charge >= 0.3 is 11.8 Å². The van der Waals surface area contributed by atoms with Crippen LogP contribution >= 0.6 is 0 Å². The van der Waals surface area contributed by atoms with Gasteiger partial charge in [0.05, 0.1) is 5.69 Å². The molecule has 1 aromatic heterocycles. The van der Waals surface area contributed by atoms with Crippen LogP contribution in [0.5, 0.6) is 17.6 Å². The maximum atomic E-state index is 13.1. The third-order valence-electron chi connectivity index (χ3n) is 2.62. The number of aromatic nitrogens is 2. The topological polar surface area (TPSA) is 77.5 Å². The molecular weight excluding hydrogens is 279 g/mol. The van der Waals surface area contributed by atoms with Crippen molar-refractivity contribution in [3.8, 4) is 23.3 Å². The molecule has 0 unspecified atom stereocenters. The molecule has 0 saturated carbocycles. The van der Waals surface area contributed by atoms with Gasteiger partial charge in [-0.1, -0.05) is 11.2 Å². The highest BCUT2D eigenvalue weighted by Crippen LogP contribution is 2.21. The second-order valence-corrected chi connectivity index (χ2v) is 4.12. The maximum absolute atomic E-state index is 13.1. The second kappa shape index (κ2) is 5.12. The molecule has 6 nitrogen and oxygen atoms in total. The molecule has 106 valence electrons. The molecule has 0 saturated heterocycles. The Morgan fingerprint density at radius 3 is 2.67 bits per heavy atom. The third kappa shape index (κ3) is 2.76. The summed E-state index contributed by atoms with van der Waals surface area (Å²) in [6.07, 6.45) is -0.282. The van der Waals surface area contributed by atoms with E-state index in [2.05, 4.69) is 5.10 Å². The van der Waals surface area contributed by atoms with Gasteiger partial charge < -0.3 is 14.3 Å². The summed E-state index contributed by atoms with van der Waals surface area (Å²) in [6.45, 7) is 0. The van der Waals surface area contributed by atoms with Gasteiger partial charge in [0, 0.05) is 0 Å². The molecule has 0 bridgehead atoms. The van der Waals surface area contributed by atoms with E-state index in [0.29, 0.717) is 5.75 Å². The van der Waals surface area contributed by atoms with Gasteiger partial charge in [-0.05, 0) is 42.5 Å². The van der Waals surface area contributed by atoms with E-state index in [9.17, 15) is 9.18 Å². The maximum Gasteiger partial charge on any atom is 0.444 e. The van der Waals surface area contributed by atoms with Crippen molar-refractivity contribution >= 4 is 0 Å². The van der Waals surface area contributed by atoms with Crippen LogP contribution < -0.4 is 10.5 Å². The standard InChI is InChI=1S/C14H9FN2O4/c15-9-2-1-3-10(8-9)17-14(19)21-13(16-17)20-12-6-4-11(18)5-7-12/h1-8,18H. The quantitative estimate of drug-likeness (QED) is 0.801. The fraction of sp³-hybridized carbons (Fsp3) is 0. The van der Waals surface area contributed by atoms with E-state index in [1.54, 1.807) is 0 Å². The summed E-state index contributed by atoms with van der Waals surface area (Å²) in [6, 6.07) is 11.2. The number of hydrogen-bond donors (Lipinski definition) is 1. The first-order valence-electron chi connectivity index (χ1n) is 5.95. The van der Waals surface area contributed by atoms with Crippen LogP contribution in [-0.4, -0.2) is 14.9 Å². The van der Waals surface area contributed by atoms with Crippen molar-refractivity contribution in [1.82, 2.24) is 9.78 Å². The molecule has 0 aliphatic carbocycles. The van der Waals surface area contributed by atoms with Crippen molar-refractivity contribution in [1.29, 1.82) is 0 Å². The number of ether oxygens (including phenoxy) is 1. The third-order valence-corrected chi connectivity index (χ3v) is 2.62. The zero-order chi connectivity index (χ0) is 14.8. The van der Waals surface area contributed by atoms with Crippen molar-refractivity contribution in [2.75, 3.05) is 0 Å². The Hall–Kier alpha value is -3.09. The normalized spacial score (nSPS) is 10.5. The first-order chi connectivity index (χ1) is 10.1. The molecule has 3 rings (SSSR count). The lowest BCUT2D eigenvalue weighted by molar-refractivity contribution is 0.319. The number of nitrogens with zero attached hydrogens (tertiary/aromatic N) is 2. The number of halogens is 1. The zero-order valence-electron chi connectivity index (χ0n) is 10.6. The van der Waals surface area contributed by atoms with Crippen molar-refractivity contribution in [2.45, 2.75) is 0 Å². The Bertz CT molecular complexity index is 823. The summed E-state index contributed by atoms with van der Waals surface area (Å²) in [7, 11) is 0. The lowest BCUT2D eigenvalue weighted by Gasteiger charge is -1.99. The summed E-state index contributed by atoms with van der Waals surface area (Å²) in [5.74, 6) is -0.882. The molecule has 0 radical (unpaired) electrons. The van der Waals surface area contributed by atoms with Crippen molar-refractivity contribution in [3.63, 3.8) is 0 Å². The first-order valence-corrected chi connectivity index (χ1v) is 5.95. The van der Waals surface area contributed by atoms with E-state index in [1.807, 2.05) is 0 Å². The first kappa shape index (κ1) is 12.9. The fourth-order valence-corrected chi connectivity index (χ4v) is 1.69. The summed E-state index contributed by atoms with van der Waals surface area (Å²) < 4.78 is 24.1. The highest BCUT2D eigenvalue weighted by Gasteiger charge is 2.12. The SMILES string of the molecule is O=c1oc(Oc2ccc(O)cc2)nn1-c1cccc(F)c1. The molecule has 2 aromatic carbocycles. The molecule has 0 aliphatic rings. The van der Waals surface area contributed by atoms with Crippen molar-refractivity contribution in [2.24, 2.45) is 0 Å². The van der Waals surface area contributed by atoms with Crippen LogP contribution in [0.2, 0.25) is 0 Å². The van der Waals surface area contributed by atoms with Gasteiger partial charge in [-0.3, -0.25) is 0 Å². The van der Waals surface area contributed by atoms with E-state index in [0.717, 1.165) is 10.7 Å². The Labute approximate surface area is 117 Å². The highest BCUT2D eigenvalue weighted by molar-refractivity contribution is 5.32. The van der Waals surface area contributed by atoms with E-state index in [1.165, 1.54) is 42.5 Å². The Morgan fingerprint density at radius 1 is 1.19 bits per heavy atom. The molecule has 7 heteroatoms. The number of aromatic hydroxyl groups is 1. The molecule has 0 amide bonds. The molecule has 0 fully saturated rings. The Balaban J connectivity index is 1.91. The predicted molar refractivity (Wildman–Crippen MR) is 70.2 cm³/mol. The van der Waals surface area contributed by atoms with Gasteiger partial charge in [-0.2, -0.15) is 4.68 Å². The van der Waals surface area contributed by atoms with Crippen molar-refractivity contribution in [3.05, 3.63) is 64.9 Å². The van der Waals surface area contributed by atoms with Gasteiger partial charge in [-0.15, -0.1) is 0 Å². The monoisotopic (exact) mass is 288 g/mol. The average Bonchev–Trinajstić information content (AvgIpc) is 2.82. The van der Waals surface area contributed by atoms with Crippen LogP contribution in [0.3, 0.4) is 0 Å². The van der Waals surface area contributed by atoms with Gasteiger partial charge in [0.2, 0.25) is 0 Å². The number of phenols is 1. The molecule has 0 aliphatic heterocycles. The summed E-state index contributed by atoms with van der Waals surface area (Å²) in [5, 5.41) is 13.0. The van der Waals surface area contributed by atoms with E-state index in [4.69, 9.17) is 14.3 Å². The lowest BCUT2D eigenvalue weighted by atomic mass is 10.3. The summed E-state index contributed by atoms with van der Waals surface area (Å²) in [4.78, 5) is 11.7.